The van der Waals surface area contributed by atoms with Crippen molar-refractivity contribution >= 4 is 5.91 Å². The zero-order valence-corrected chi connectivity index (χ0v) is 12.2. The third-order valence-corrected chi connectivity index (χ3v) is 4.36. The van der Waals surface area contributed by atoms with Gasteiger partial charge in [0.2, 0.25) is 0 Å². The summed E-state index contributed by atoms with van der Waals surface area (Å²) in [6.07, 6.45) is 0.391. The lowest BCUT2D eigenvalue weighted by Crippen LogP contribution is -2.50. The van der Waals surface area contributed by atoms with Gasteiger partial charge < -0.3 is 10.0 Å². The molecule has 1 saturated heterocycles. The molecule has 1 aromatic rings. The first-order valence-corrected chi connectivity index (χ1v) is 6.86. The maximum atomic E-state index is 12.4. The van der Waals surface area contributed by atoms with Gasteiger partial charge in [0.05, 0.1) is 6.10 Å². The molecule has 1 heterocycles. The van der Waals surface area contributed by atoms with Gasteiger partial charge in [-0.25, -0.2) is 0 Å². The molecule has 0 saturated carbocycles. The van der Waals surface area contributed by atoms with Crippen molar-refractivity contribution in [2.24, 2.45) is 5.41 Å². The molecule has 0 aromatic heterocycles. The first-order chi connectivity index (χ1) is 8.81. The Bertz CT molecular complexity index is 494. The number of benzene rings is 1. The van der Waals surface area contributed by atoms with E-state index in [1.165, 1.54) is 5.56 Å². The molecule has 1 unspecified atom stereocenters. The molecule has 104 valence electrons. The standard InChI is InChI=1S/C16H23NO2/c1-11-5-6-13(9-12(11)2)15(19)17-8-7-16(3,4)14(18)10-17/h5-6,9,14,18H,7-8,10H2,1-4H3. The first kappa shape index (κ1) is 14.1. The Kier molecular flexibility index (Phi) is 3.68. The average Bonchev–Trinajstić information content (AvgIpc) is 2.35. The highest BCUT2D eigenvalue weighted by molar-refractivity contribution is 5.94. The van der Waals surface area contributed by atoms with Crippen molar-refractivity contribution in [3.05, 3.63) is 34.9 Å². The van der Waals surface area contributed by atoms with Crippen molar-refractivity contribution in [3.63, 3.8) is 0 Å². The van der Waals surface area contributed by atoms with E-state index in [0.29, 0.717) is 6.54 Å². The Labute approximate surface area is 115 Å². The number of carbonyl (C=O) groups excluding carboxylic acids is 1. The second-order valence-corrected chi connectivity index (χ2v) is 6.30. The van der Waals surface area contributed by atoms with Crippen LogP contribution in [0.1, 0.15) is 41.8 Å². The van der Waals surface area contributed by atoms with Gasteiger partial charge in [-0.15, -0.1) is 0 Å². The molecular formula is C16H23NO2. The smallest absolute Gasteiger partial charge is 0.253 e. The molecule has 1 atom stereocenters. The third-order valence-electron chi connectivity index (χ3n) is 4.36. The minimum atomic E-state index is -0.447. The molecular weight excluding hydrogens is 238 g/mol. The van der Waals surface area contributed by atoms with Crippen LogP contribution in [-0.4, -0.2) is 35.1 Å². The van der Waals surface area contributed by atoms with Gasteiger partial charge in [-0.05, 0) is 48.9 Å². The number of piperidine rings is 1. The van der Waals surface area contributed by atoms with Gasteiger partial charge in [0, 0.05) is 18.7 Å². The zero-order chi connectivity index (χ0) is 14.2. The summed E-state index contributed by atoms with van der Waals surface area (Å²) in [5.41, 5.74) is 2.94. The third kappa shape index (κ3) is 2.81. The lowest BCUT2D eigenvalue weighted by Gasteiger charge is -2.41. The average molecular weight is 261 g/mol. The van der Waals surface area contributed by atoms with E-state index in [1.54, 1.807) is 4.90 Å². The minimum absolute atomic E-state index is 0.0256. The van der Waals surface area contributed by atoms with Crippen LogP contribution in [0.4, 0.5) is 0 Å². The van der Waals surface area contributed by atoms with E-state index in [9.17, 15) is 9.90 Å². The van der Waals surface area contributed by atoms with Crippen LogP contribution in [0.3, 0.4) is 0 Å². The number of hydrogen-bond donors (Lipinski definition) is 1. The van der Waals surface area contributed by atoms with Crippen molar-refractivity contribution < 1.29 is 9.90 Å². The van der Waals surface area contributed by atoms with Gasteiger partial charge in [0.1, 0.15) is 0 Å². The molecule has 0 aliphatic carbocycles. The Morgan fingerprint density at radius 1 is 1.32 bits per heavy atom. The van der Waals surface area contributed by atoms with E-state index in [1.807, 2.05) is 32.0 Å². The lowest BCUT2D eigenvalue weighted by molar-refractivity contribution is -0.0190. The number of nitrogens with zero attached hydrogens (tertiary/aromatic N) is 1. The van der Waals surface area contributed by atoms with Crippen LogP contribution < -0.4 is 0 Å². The number of carbonyl (C=O) groups is 1. The van der Waals surface area contributed by atoms with Crippen LogP contribution in [0, 0.1) is 19.3 Å². The van der Waals surface area contributed by atoms with Crippen LogP contribution >= 0.6 is 0 Å². The van der Waals surface area contributed by atoms with Crippen LogP contribution in [0.2, 0.25) is 0 Å². The van der Waals surface area contributed by atoms with Gasteiger partial charge in [0.25, 0.3) is 5.91 Å². The molecule has 0 spiro atoms. The Morgan fingerprint density at radius 2 is 2.00 bits per heavy atom. The highest BCUT2D eigenvalue weighted by atomic mass is 16.3. The quantitative estimate of drug-likeness (QED) is 0.844. The topological polar surface area (TPSA) is 40.5 Å². The second kappa shape index (κ2) is 4.97. The van der Waals surface area contributed by atoms with Gasteiger partial charge in [-0.1, -0.05) is 19.9 Å². The summed E-state index contributed by atoms with van der Waals surface area (Å²) in [7, 11) is 0. The Morgan fingerprint density at radius 3 is 2.58 bits per heavy atom. The van der Waals surface area contributed by atoms with Crippen molar-refractivity contribution in [2.75, 3.05) is 13.1 Å². The van der Waals surface area contributed by atoms with Crippen molar-refractivity contribution in [1.82, 2.24) is 4.90 Å². The number of aryl methyl sites for hydroxylation is 2. The number of aliphatic hydroxyl groups is 1. The summed E-state index contributed by atoms with van der Waals surface area (Å²) in [6.45, 7) is 9.30. The van der Waals surface area contributed by atoms with Gasteiger partial charge in [-0.2, -0.15) is 0 Å². The summed E-state index contributed by atoms with van der Waals surface area (Å²) in [4.78, 5) is 14.2. The fourth-order valence-electron chi connectivity index (χ4n) is 2.38. The maximum Gasteiger partial charge on any atom is 0.253 e. The van der Waals surface area contributed by atoms with Crippen LogP contribution in [0.15, 0.2) is 18.2 Å². The Hall–Kier alpha value is -1.35. The van der Waals surface area contributed by atoms with Crippen LogP contribution in [-0.2, 0) is 0 Å². The van der Waals surface area contributed by atoms with E-state index in [2.05, 4.69) is 13.8 Å². The summed E-state index contributed by atoms with van der Waals surface area (Å²) >= 11 is 0. The fraction of sp³-hybridized carbons (Fsp3) is 0.562. The summed E-state index contributed by atoms with van der Waals surface area (Å²) in [5.74, 6) is 0.0256. The molecule has 1 N–H and O–H groups in total. The number of hydrogen-bond acceptors (Lipinski definition) is 2. The predicted molar refractivity (Wildman–Crippen MR) is 76.2 cm³/mol. The Balaban J connectivity index is 2.14. The minimum Gasteiger partial charge on any atom is -0.391 e. The highest BCUT2D eigenvalue weighted by Crippen LogP contribution is 2.31. The lowest BCUT2D eigenvalue weighted by atomic mass is 9.80. The second-order valence-electron chi connectivity index (χ2n) is 6.30. The number of amides is 1. The number of aliphatic hydroxyl groups excluding tert-OH is 1. The van der Waals surface area contributed by atoms with Gasteiger partial charge in [-0.3, -0.25) is 4.79 Å². The predicted octanol–water partition coefficient (Wildman–Crippen LogP) is 2.54. The summed E-state index contributed by atoms with van der Waals surface area (Å²) < 4.78 is 0. The van der Waals surface area contributed by atoms with E-state index in [4.69, 9.17) is 0 Å². The number of rotatable bonds is 1. The molecule has 1 fully saturated rings. The van der Waals surface area contributed by atoms with E-state index >= 15 is 0 Å². The molecule has 1 aliphatic rings. The van der Waals surface area contributed by atoms with E-state index in [-0.39, 0.29) is 11.3 Å². The highest BCUT2D eigenvalue weighted by Gasteiger charge is 2.36. The number of likely N-dealkylation sites (tertiary alicyclic amines) is 1. The monoisotopic (exact) mass is 261 g/mol. The van der Waals surface area contributed by atoms with Gasteiger partial charge >= 0.3 is 0 Å². The summed E-state index contributed by atoms with van der Waals surface area (Å²) in [5, 5.41) is 10.1. The molecule has 1 aromatic carbocycles. The van der Waals surface area contributed by atoms with Crippen molar-refractivity contribution in [3.8, 4) is 0 Å². The fourth-order valence-corrected chi connectivity index (χ4v) is 2.38. The van der Waals surface area contributed by atoms with E-state index < -0.39 is 6.10 Å². The van der Waals surface area contributed by atoms with Crippen molar-refractivity contribution in [2.45, 2.75) is 40.2 Å². The van der Waals surface area contributed by atoms with Crippen molar-refractivity contribution in [1.29, 1.82) is 0 Å². The molecule has 1 aliphatic heterocycles. The normalized spacial score (nSPS) is 22.4. The SMILES string of the molecule is Cc1ccc(C(=O)N2CCC(C)(C)C(O)C2)cc1C. The molecule has 2 rings (SSSR count). The molecule has 0 bridgehead atoms. The molecule has 0 radical (unpaired) electrons. The molecule has 3 heteroatoms. The molecule has 3 nitrogen and oxygen atoms in total. The molecule has 19 heavy (non-hydrogen) atoms. The van der Waals surface area contributed by atoms with Gasteiger partial charge in [0.15, 0.2) is 0 Å². The van der Waals surface area contributed by atoms with Crippen LogP contribution in [0.25, 0.3) is 0 Å². The molecule has 1 amide bonds. The number of β-amino-alcohol motifs (C(OH)–C–C–N with tert-alkyl or cyclic N) is 1. The largest absolute Gasteiger partial charge is 0.391 e. The summed E-state index contributed by atoms with van der Waals surface area (Å²) in [6, 6.07) is 5.79. The first-order valence-electron chi connectivity index (χ1n) is 6.86. The zero-order valence-electron chi connectivity index (χ0n) is 12.2. The van der Waals surface area contributed by atoms with E-state index in [0.717, 1.165) is 24.1 Å². The van der Waals surface area contributed by atoms with Crippen LogP contribution in [0.5, 0.6) is 0 Å². The maximum absolute atomic E-state index is 12.4.